The molecule has 0 saturated heterocycles. The van der Waals surface area contributed by atoms with E-state index in [0.717, 1.165) is 9.13 Å². The van der Waals surface area contributed by atoms with Gasteiger partial charge in [-0.1, -0.05) is 42.5 Å². The molecular formula is C14H11IO2. The van der Waals surface area contributed by atoms with Gasteiger partial charge in [0, 0.05) is 3.57 Å². The van der Waals surface area contributed by atoms with E-state index in [1.165, 1.54) is 0 Å². The van der Waals surface area contributed by atoms with Crippen molar-refractivity contribution in [1.29, 1.82) is 0 Å². The molecule has 0 saturated carbocycles. The molecule has 0 aliphatic heterocycles. The van der Waals surface area contributed by atoms with Crippen LogP contribution in [0.25, 0.3) is 0 Å². The highest BCUT2D eigenvalue weighted by molar-refractivity contribution is 14.1. The molecule has 0 atom stereocenters. The first-order valence-corrected chi connectivity index (χ1v) is 6.31. The van der Waals surface area contributed by atoms with Gasteiger partial charge in [0.25, 0.3) is 0 Å². The van der Waals surface area contributed by atoms with E-state index >= 15 is 0 Å². The number of benzene rings is 2. The van der Waals surface area contributed by atoms with E-state index in [-0.39, 0.29) is 5.97 Å². The van der Waals surface area contributed by atoms with Gasteiger partial charge in [-0.25, -0.2) is 4.79 Å². The molecule has 17 heavy (non-hydrogen) atoms. The average Bonchev–Trinajstić information content (AvgIpc) is 2.38. The fourth-order valence-corrected chi connectivity index (χ4v) is 2.04. The molecule has 2 rings (SSSR count). The zero-order valence-corrected chi connectivity index (χ0v) is 11.3. The van der Waals surface area contributed by atoms with Crippen LogP contribution in [-0.4, -0.2) is 5.97 Å². The van der Waals surface area contributed by atoms with E-state index in [1.807, 2.05) is 48.5 Å². The third kappa shape index (κ3) is 3.30. The summed E-state index contributed by atoms with van der Waals surface area (Å²) in [6.07, 6.45) is 0. The van der Waals surface area contributed by atoms with Crippen molar-refractivity contribution in [2.24, 2.45) is 0 Å². The number of halogens is 1. The van der Waals surface area contributed by atoms with Crippen molar-refractivity contribution in [3.63, 3.8) is 0 Å². The minimum absolute atomic E-state index is 0.279. The number of hydrogen-bond acceptors (Lipinski definition) is 2. The monoisotopic (exact) mass is 334 g/mol. The van der Waals surface area contributed by atoms with Crippen molar-refractivity contribution in [2.45, 2.75) is 6.61 Å². The first kappa shape index (κ1) is 12.1. The second-order valence-electron chi connectivity index (χ2n) is 3.54. The largest absolute Gasteiger partial charge is 0.457 e. The summed E-state index contributed by atoms with van der Waals surface area (Å²) in [4.78, 5) is 11.8. The average molecular weight is 334 g/mol. The summed E-state index contributed by atoms with van der Waals surface area (Å²) in [5.74, 6) is -0.279. The molecular weight excluding hydrogens is 323 g/mol. The van der Waals surface area contributed by atoms with E-state index < -0.39 is 0 Å². The Kier molecular flexibility index (Phi) is 4.14. The highest BCUT2D eigenvalue weighted by Crippen LogP contribution is 2.13. The van der Waals surface area contributed by atoms with Gasteiger partial charge in [-0.2, -0.15) is 0 Å². The lowest BCUT2D eigenvalue weighted by atomic mass is 10.2. The second kappa shape index (κ2) is 5.82. The second-order valence-corrected chi connectivity index (χ2v) is 4.70. The van der Waals surface area contributed by atoms with E-state index in [2.05, 4.69) is 22.6 Å². The summed E-state index contributed by atoms with van der Waals surface area (Å²) < 4.78 is 6.16. The molecule has 0 bridgehead atoms. The zero-order valence-electron chi connectivity index (χ0n) is 9.10. The van der Waals surface area contributed by atoms with Crippen LogP contribution in [0.5, 0.6) is 0 Å². The Morgan fingerprint density at radius 3 is 2.35 bits per heavy atom. The van der Waals surface area contributed by atoms with Gasteiger partial charge >= 0.3 is 5.97 Å². The molecule has 0 spiro atoms. The molecule has 0 aliphatic carbocycles. The van der Waals surface area contributed by atoms with Gasteiger partial charge in [-0.15, -0.1) is 0 Å². The van der Waals surface area contributed by atoms with Gasteiger partial charge in [0.2, 0.25) is 0 Å². The van der Waals surface area contributed by atoms with Crippen LogP contribution in [-0.2, 0) is 11.3 Å². The number of carbonyl (C=O) groups is 1. The van der Waals surface area contributed by atoms with Crippen LogP contribution in [0, 0.1) is 3.57 Å². The predicted molar refractivity (Wildman–Crippen MR) is 74.7 cm³/mol. The summed E-state index contributed by atoms with van der Waals surface area (Å²) >= 11 is 2.13. The lowest BCUT2D eigenvalue weighted by molar-refractivity contribution is 0.0471. The Morgan fingerprint density at radius 1 is 1.00 bits per heavy atom. The SMILES string of the molecule is O=C(OCc1ccccc1)c1ccccc1[123I]. The van der Waals surface area contributed by atoms with Crippen molar-refractivity contribution >= 4 is 28.6 Å². The van der Waals surface area contributed by atoms with Crippen LogP contribution in [0.1, 0.15) is 15.9 Å². The molecule has 3 heteroatoms. The van der Waals surface area contributed by atoms with Crippen molar-refractivity contribution < 1.29 is 9.53 Å². The van der Waals surface area contributed by atoms with E-state index in [1.54, 1.807) is 6.07 Å². The number of carbonyl (C=O) groups excluding carboxylic acids is 1. The molecule has 0 aromatic heterocycles. The first-order chi connectivity index (χ1) is 8.27. The molecule has 2 nitrogen and oxygen atoms in total. The maximum Gasteiger partial charge on any atom is 0.339 e. The molecule has 0 fully saturated rings. The van der Waals surface area contributed by atoms with Gasteiger partial charge in [0.1, 0.15) is 6.61 Å². The van der Waals surface area contributed by atoms with Crippen molar-refractivity contribution in [3.05, 3.63) is 69.3 Å². The normalized spacial score (nSPS) is 9.94. The number of ether oxygens (including phenoxy) is 1. The molecule has 2 aromatic rings. The Morgan fingerprint density at radius 2 is 1.65 bits per heavy atom. The van der Waals surface area contributed by atoms with E-state index in [9.17, 15) is 4.79 Å². The summed E-state index contributed by atoms with van der Waals surface area (Å²) in [7, 11) is 0. The summed E-state index contributed by atoms with van der Waals surface area (Å²) in [5.41, 5.74) is 1.61. The lowest BCUT2D eigenvalue weighted by Crippen LogP contribution is -2.06. The first-order valence-electron chi connectivity index (χ1n) is 5.23. The van der Waals surface area contributed by atoms with Gasteiger partial charge in [0.05, 0.1) is 5.56 Å². The van der Waals surface area contributed by atoms with Crippen LogP contribution in [0.2, 0.25) is 0 Å². The smallest absolute Gasteiger partial charge is 0.339 e. The highest BCUT2D eigenvalue weighted by atomic mass is 123. The molecule has 0 amide bonds. The number of esters is 1. The van der Waals surface area contributed by atoms with Crippen molar-refractivity contribution in [3.8, 4) is 0 Å². The quantitative estimate of drug-likeness (QED) is 0.633. The number of rotatable bonds is 3. The van der Waals surface area contributed by atoms with Crippen LogP contribution < -0.4 is 0 Å². The summed E-state index contributed by atoms with van der Waals surface area (Å²) in [6, 6.07) is 17.1. The maximum absolute atomic E-state index is 11.8. The minimum atomic E-state index is -0.279. The van der Waals surface area contributed by atoms with Crippen molar-refractivity contribution in [2.75, 3.05) is 0 Å². The fourth-order valence-electron chi connectivity index (χ4n) is 1.43. The topological polar surface area (TPSA) is 26.3 Å². The Bertz CT molecular complexity index is 509. The maximum atomic E-state index is 11.8. The summed E-state index contributed by atoms with van der Waals surface area (Å²) in [5, 5.41) is 0. The zero-order chi connectivity index (χ0) is 12.1. The molecule has 86 valence electrons. The Labute approximate surface area is 114 Å². The molecule has 0 aliphatic rings. The predicted octanol–water partition coefficient (Wildman–Crippen LogP) is 3.65. The van der Waals surface area contributed by atoms with E-state index in [0.29, 0.717) is 12.2 Å². The molecule has 0 radical (unpaired) electrons. The minimum Gasteiger partial charge on any atom is -0.457 e. The van der Waals surface area contributed by atoms with Crippen LogP contribution in [0.15, 0.2) is 54.6 Å². The standard InChI is InChI=1S/C14H11IO2/c15-13-9-5-4-8-12(13)14(16)17-10-11-6-2-1-3-7-11/h1-9H,10H2/i15-4. The van der Waals surface area contributed by atoms with Gasteiger partial charge in [-0.05, 0) is 40.3 Å². The van der Waals surface area contributed by atoms with Crippen LogP contribution >= 0.6 is 22.6 Å². The molecule has 0 unspecified atom stereocenters. The molecule has 0 heterocycles. The molecule has 0 N–H and O–H groups in total. The fraction of sp³-hybridized carbons (Fsp3) is 0.0714. The van der Waals surface area contributed by atoms with Gasteiger partial charge < -0.3 is 4.74 Å². The molecule has 2 aromatic carbocycles. The third-order valence-electron chi connectivity index (χ3n) is 2.31. The highest BCUT2D eigenvalue weighted by Gasteiger charge is 2.10. The van der Waals surface area contributed by atoms with Crippen LogP contribution in [0.4, 0.5) is 0 Å². The Balaban J connectivity index is 2.01. The lowest BCUT2D eigenvalue weighted by Gasteiger charge is -2.06. The number of hydrogen-bond donors (Lipinski definition) is 0. The summed E-state index contributed by atoms with van der Waals surface area (Å²) in [6.45, 7) is 0.310. The Hall–Kier alpha value is -1.36. The van der Waals surface area contributed by atoms with Crippen LogP contribution in [0.3, 0.4) is 0 Å². The van der Waals surface area contributed by atoms with Gasteiger partial charge in [-0.3, -0.25) is 0 Å². The van der Waals surface area contributed by atoms with Gasteiger partial charge in [0.15, 0.2) is 0 Å². The van der Waals surface area contributed by atoms with E-state index in [4.69, 9.17) is 4.74 Å². The van der Waals surface area contributed by atoms with Crippen molar-refractivity contribution in [1.82, 2.24) is 0 Å². The third-order valence-corrected chi connectivity index (χ3v) is 3.25.